The maximum absolute atomic E-state index is 10.0. The van der Waals surface area contributed by atoms with Crippen molar-refractivity contribution in [1.82, 2.24) is 9.55 Å². The summed E-state index contributed by atoms with van der Waals surface area (Å²) in [4.78, 5) is 5.25. The molecule has 1 aromatic heterocycles. The first-order chi connectivity index (χ1) is 11.2. The summed E-state index contributed by atoms with van der Waals surface area (Å²) in [5.74, 6) is 0. The normalized spacial score (nSPS) is 10.8. The quantitative estimate of drug-likeness (QED) is 0.736. The first kappa shape index (κ1) is 15.6. The van der Waals surface area contributed by atoms with Crippen LogP contribution < -0.4 is 0 Å². The molecule has 1 N–H and O–H groups in total. The van der Waals surface area contributed by atoms with Crippen molar-refractivity contribution >= 4 is 11.8 Å². The summed E-state index contributed by atoms with van der Waals surface area (Å²) in [6.07, 6.45) is 0. The number of rotatable bonds is 6. The molecule has 0 atom stereocenters. The topological polar surface area (TPSA) is 47.3 Å². The van der Waals surface area contributed by atoms with Crippen LogP contribution in [0.1, 0.15) is 11.3 Å². The standard InChI is InChI=1S/C18H18N2O2S/c1-14-17(23-16-10-6-3-7-11-16)20(18(21)19-14)13-22-12-15-8-4-2-5-9-15/h2-11H,12-13H2,1H3,(H,19,21). The number of aryl methyl sites for hydroxylation is 1. The zero-order valence-corrected chi connectivity index (χ0v) is 13.7. The van der Waals surface area contributed by atoms with Crippen LogP contribution in [0, 0.1) is 6.92 Å². The van der Waals surface area contributed by atoms with E-state index in [0.717, 1.165) is 21.2 Å². The van der Waals surface area contributed by atoms with E-state index in [9.17, 15) is 5.11 Å². The summed E-state index contributed by atoms with van der Waals surface area (Å²) in [7, 11) is 0. The van der Waals surface area contributed by atoms with Gasteiger partial charge in [0.1, 0.15) is 11.8 Å². The highest BCUT2D eigenvalue weighted by Crippen LogP contribution is 2.32. The number of nitrogens with zero attached hydrogens (tertiary/aromatic N) is 2. The van der Waals surface area contributed by atoms with Crippen LogP contribution in [-0.2, 0) is 18.1 Å². The number of benzene rings is 2. The molecule has 5 heteroatoms. The second-order valence-corrected chi connectivity index (χ2v) is 6.17. The lowest BCUT2D eigenvalue weighted by atomic mass is 10.2. The van der Waals surface area contributed by atoms with Gasteiger partial charge < -0.3 is 9.84 Å². The maximum Gasteiger partial charge on any atom is 0.296 e. The van der Waals surface area contributed by atoms with Gasteiger partial charge in [-0.15, -0.1) is 0 Å². The highest BCUT2D eigenvalue weighted by atomic mass is 32.2. The van der Waals surface area contributed by atoms with Crippen molar-refractivity contribution in [3.63, 3.8) is 0 Å². The van der Waals surface area contributed by atoms with Crippen molar-refractivity contribution in [2.45, 2.75) is 30.2 Å². The zero-order chi connectivity index (χ0) is 16.1. The lowest BCUT2D eigenvalue weighted by molar-refractivity contribution is 0.0538. The fraction of sp³-hybridized carbons (Fsp3) is 0.167. The summed E-state index contributed by atoms with van der Waals surface area (Å²) in [5.41, 5.74) is 1.89. The van der Waals surface area contributed by atoms with E-state index < -0.39 is 0 Å². The molecule has 0 aliphatic rings. The molecule has 0 radical (unpaired) electrons. The van der Waals surface area contributed by atoms with Crippen molar-refractivity contribution in [2.24, 2.45) is 0 Å². The van der Waals surface area contributed by atoms with Gasteiger partial charge in [0.25, 0.3) is 6.01 Å². The molecule has 2 aromatic carbocycles. The molecule has 23 heavy (non-hydrogen) atoms. The minimum Gasteiger partial charge on any atom is -0.480 e. The Kier molecular flexibility index (Phi) is 5.00. The molecule has 1 heterocycles. The van der Waals surface area contributed by atoms with Crippen molar-refractivity contribution in [3.05, 3.63) is 71.9 Å². The molecule has 4 nitrogen and oxygen atoms in total. The average molecular weight is 326 g/mol. The van der Waals surface area contributed by atoms with Crippen LogP contribution in [0.25, 0.3) is 0 Å². The van der Waals surface area contributed by atoms with E-state index in [0.29, 0.717) is 6.61 Å². The smallest absolute Gasteiger partial charge is 0.296 e. The van der Waals surface area contributed by atoms with Gasteiger partial charge in [-0.3, -0.25) is 4.57 Å². The Hall–Kier alpha value is -2.24. The predicted molar refractivity (Wildman–Crippen MR) is 90.4 cm³/mol. The lowest BCUT2D eigenvalue weighted by Gasteiger charge is -2.10. The first-order valence-corrected chi connectivity index (χ1v) is 8.16. The molecule has 0 bridgehead atoms. The molecule has 0 saturated heterocycles. The Morgan fingerprint density at radius 1 is 1.04 bits per heavy atom. The molecule has 0 unspecified atom stereocenters. The average Bonchev–Trinajstić information content (AvgIpc) is 2.84. The number of hydrogen-bond acceptors (Lipinski definition) is 4. The van der Waals surface area contributed by atoms with Gasteiger partial charge in [-0.05, 0) is 24.6 Å². The third kappa shape index (κ3) is 3.94. The maximum atomic E-state index is 10.0. The fourth-order valence-corrected chi connectivity index (χ4v) is 3.17. The van der Waals surface area contributed by atoms with E-state index in [4.69, 9.17) is 4.74 Å². The molecule has 3 aromatic rings. The van der Waals surface area contributed by atoms with Crippen LogP contribution in [0.2, 0.25) is 0 Å². The summed E-state index contributed by atoms with van der Waals surface area (Å²) in [5, 5.41) is 10.9. The fourth-order valence-electron chi connectivity index (χ4n) is 2.22. The third-order valence-electron chi connectivity index (χ3n) is 3.35. The summed E-state index contributed by atoms with van der Waals surface area (Å²) in [6, 6.07) is 20.0. The summed E-state index contributed by atoms with van der Waals surface area (Å²) < 4.78 is 7.42. The molecule has 0 fully saturated rings. The van der Waals surface area contributed by atoms with Crippen LogP contribution in [-0.4, -0.2) is 14.7 Å². The predicted octanol–water partition coefficient (Wildman–Crippen LogP) is 4.22. The van der Waals surface area contributed by atoms with E-state index in [1.54, 1.807) is 16.3 Å². The third-order valence-corrected chi connectivity index (χ3v) is 4.57. The Morgan fingerprint density at radius 2 is 1.70 bits per heavy atom. The highest BCUT2D eigenvalue weighted by Gasteiger charge is 2.15. The van der Waals surface area contributed by atoms with Gasteiger partial charge in [0.15, 0.2) is 0 Å². The van der Waals surface area contributed by atoms with E-state index in [-0.39, 0.29) is 12.7 Å². The Balaban J connectivity index is 1.71. The molecule has 118 valence electrons. The van der Waals surface area contributed by atoms with Crippen LogP contribution in [0.4, 0.5) is 0 Å². The van der Waals surface area contributed by atoms with E-state index in [2.05, 4.69) is 4.98 Å². The van der Waals surface area contributed by atoms with Crippen LogP contribution in [0.15, 0.2) is 70.6 Å². The first-order valence-electron chi connectivity index (χ1n) is 7.34. The largest absolute Gasteiger partial charge is 0.480 e. The van der Waals surface area contributed by atoms with Gasteiger partial charge in [-0.25, -0.2) is 0 Å². The Bertz CT molecular complexity index is 757. The number of hydrogen-bond donors (Lipinski definition) is 1. The number of aromatic nitrogens is 2. The number of aromatic hydroxyl groups is 1. The molecular weight excluding hydrogens is 308 g/mol. The van der Waals surface area contributed by atoms with Gasteiger partial charge in [-0.2, -0.15) is 4.98 Å². The van der Waals surface area contributed by atoms with Crippen LogP contribution >= 0.6 is 11.8 Å². The minimum atomic E-state index is -0.0195. The van der Waals surface area contributed by atoms with Gasteiger partial charge in [0, 0.05) is 4.90 Å². The summed E-state index contributed by atoms with van der Waals surface area (Å²) >= 11 is 1.57. The van der Waals surface area contributed by atoms with E-state index in [1.165, 1.54) is 0 Å². The second kappa shape index (κ2) is 7.35. The van der Waals surface area contributed by atoms with Crippen molar-refractivity contribution in [3.8, 4) is 6.01 Å². The zero-order valence-electron chi connectivity index (χ0n) is 12.8. The Labute approximate surface area is 139 Å². The van der Waals surface area contributed by atoms with E-state index >= 15 is 0 Å². The lowest BCUT2D eigenvalue weighted by Crippen LogP contribution is -2.04. The van der Waals surface area contributed by atoms with E-state index in [1.807, 2.05) is 67.6 Å². The molecule has 3 rings (SSSR count). The van der Waals surface area contributed by atoms with Crippen LogP contribution in [0.5, 0.6) is 6.01 Å². The highest BCUT2D eigenvalue weighted by molar-refractivity contribution is 7.99. The van der Waals surface area contributed by atoms with Gasteiger partial charge in [-0.1, -0.05) is 60.3 Å². The molecule has 0 saturated carbocycles. The van der Waals surface area contributed by atoms with Gasteiger partial charge >= 0.3 is 0 Å². The molecule has 0 aliphatic heterocycles. The van der Waals surface area contributed by atoms with Crippen molar-refractivity contribution < 1.29 is 9.84 Å². The van der Waals surface area contributed by atoms with Crippen molar-refractivity contribution in [1.29, 1.82) is 0 Å². The molecule has 0 aliphatic carbocycles. The monoisotopic (exact) mass is 326 g/mol. The second-order valence-electron chi connectivity index (χ2n) is 5.11. The molecular formula is C18H18N2O2S. The van der Waals surface area contributed by atoms with Gasteiger partial charge in [0.2, 0.25) is 0 Å². The number of ether oxygens (including phenoxy) is 1. The van der Waals surface area contributed by atoms with Gasteiger partial charge in [0.05, 0.1) is 12.3 Å². The van der Waals surface area contributed by atoms with Crippen LogP contribution in [0.3, 0.4) is 0 Å². The SMILES string of the molecule is Cc1nc(O)n(COCc2ccccc2)c1Sc1ccccc1. The molecule has 0 spiro atoms. The summed E-state index contributed by atoms with van der Waals surface area (Å²) in [6.45, 7) is 2.64. The molecule has 0 amide bonds. The number of imidazole rings is 1. The minimum absolute atomic E-state index is 0.0195. The Morgan fingerprint density at radius 3 is 2.39 bits per heavy atom. The van der Waals surface area contributed by atoms with Crippen molar-refractivity contribution in [2.75, 3.05) is 0 Å².